The average molecular weight is 305 g/mol. The normalized spacial score (nSPS) is 15.6. The van der Waals surface area contributed by atoms with E-state index in [1.54, 1.807) is 6.20 Å². The SMILES string of the molecule is CC(C)Oc1ccc(CNC(=O)N(C)C2CCCCC2)cn1. The lowest BCUT2D eigenvalue weighted by Gasteiger charge is -2.31. The first-order valence-corrected chi connectivity index (χ1v) is 8.18. The maximum Gasteiger partial charge on any atom is 0.317 e. The Hall–Kier alpha value is -1.78. The van der Waals surface area contributed by atoms with Crippen molar-refractivity contribution in [3.05, 3.63) is 23.9 Å². The summed E-state index contributed by atoms with van der Waals surface area (Å²) in [7, 11) is 1.89. The van der Waals surface area contributed by atoms with Crippen LogP contribution in [0.3, 0.4) is 0 Å². The van der Waals surface area contributed by atoms with Crippen LogP contribution in [0.15, 0.2) is 18.3 Å². The predicted octanol–water partition coefficient (Wildman–Crippen LogP) is 3.34. The lowest BCUT2D eigenvalue weighted by molar-refractivity contribution is 0.173. The molecule has 1 saturated carbocycles. The highest BCUT2D eigenvalue weighted by Crippen LogP contribution is 2.21. The fraction of sp³-hybridized carbons (Fsp3) is 0.647. The van der Waals surface area contributed by atoms with Gasteiger partial charge in [-0.1, -0.05) is 25.3 Å². The van der Waals surface area contributed by atoms with Crippen molar-refractivity contribution in [3.8, 4) is 5.88 Å². The van der Waals surface area contributed by atoms with Gasteiger partial charge in [-0.25, -0.2) is 9.78 Å². The maximum atomic E-state index is 12.2. The first-order valence-electron chi connectivity index (χ1n) is 8.18. The molecule has 1 aromatic rings. The second-order valence-corrected chi connectivity index (χ2v) is 6.23. The molecule has 1 fully saturated rings. The lowest BCUT2D eigenvalue weighted by Crippen LogP contribution is -2.44. The van der Waals surface area contributed by atoms with Crippen LogP contribution >= 0.6 is 0 Å². The molecule has 0 spiro atoms. The van der Waals surface area contributed by atoms with Gasteiger partial charge in [0.1, 0.15) is 0 Å². The molecule has 5 heteroatoms. The fourth-order valence-corrected chi connectivity index (χ4v) is 2.76. The molecule has 1 N–H and O–H groups in total. The molecule has 0 aromatic carbocycles. The maximum absolute atomic E-state index is 12.2. The van der Waals surface area contributed by atoms with Gasteiger partial charge in [-0.3, -0.25) is 0 Å². The number of hydrogen-bond acceptors (Lipinski definition) is 3. The molecule has 0 atom stereocenters. The molecule has 2 amide bonds. The van der Waals surface area contributed by atoms with Gasteiger partial charge in [0.25, 0.3) is 0 Å². The highest BCUT2D eigenvalue weighted by molar-refractivity contribution is 5.74. The van der Waals surface area contributed by atoms with E-state index in [-0.39, 0.29) is 12.1 Å². The van der Waals surface area contributed by atoms with E-state index in [2.05, 4.69) is 10.3 Å². The Morgan fingerprint density at radius 2 is 2.09 bits per heavy atom. The smallest absolute Gasteiger partial charge is 0.317 e. The van der Waals surface area contributed by atoms with Crippen LogP contribution in [0.4, 0.5) is 4.79 Å². The van der Waals surface area contributed by atoms with Crippen molar-refractivity contribution >= 4 is 6.03 Å². The molecule has 5 nitrogen and oxygen atoms in total. The van der Waals surface area contributed by atoms with Crippen LogP contribution in [0.1, 0.15) is 51.5 Å². The molecule has 0 aliphatic heterocycles. The van der Waals surface area contributed by atoms with Gasteiger partial charge in [-0.15, -0.1) is 0 Å². The van der Waals surface area contributed by atoms with Gasteiger partial charge >= 0.3 is 6.03 Å². The van der Waals surface area contributed by atoms with E-state index in [1.807, 2.05) is 37.9 Å². The molecule has 0 radical (unpaired) electrons. The van der Waals surface area contributed by atoms with Crippen molar-refractivity contribution in [2.45, 2.75) is 64.6 Å². The summed E-state index contributed by atoms with van der Waals surface area (Å²) in [6, 6.07) is 4.15. The van der Waals surface area contributed by atoms with Crippen LogP contribution < -0.4 is 10.1 Å². The van der Waals surface area contributed by atoms with Crippen LogP contribution in [0.2, 0.25) is 0 Å². The molecule has 2 rings (SSSR count). The second-order valence-electron chi connectivity index (χ2n) is 6.23. The summed E-state index contributed by atoms with van der Waals surface area (Å²) in [6.45, 7) is 4.43. The van der Waals surface area contributed by atoms with Crippen LogP contribution in [0.5, 0.6) is 5.88 Å². The summed E-state index contributed by atoms with van der Waals surface area (Å²) in [5.74, 6) is 0.615. The second kappa shape index (κ2) is 8.01. The van der Waals surface area contributed by atoms with E-state index in [0.29, 0.717) is 18.5 Å². The van der Waals surface area contributed by atoms with Crippen LogP contribution in [-0.2, 0) is 6.54 Å². The quantitative estimate of drug-likeness (QED) is 0.907. The van der Waals surface area contributed by atoms with Gasteiger partial charge in [0.15, 0.2) is 0 Å². The number of aromatic nitrogens is 1. The van der Waals surface area contributed by atoms with Gasteiger partial charge in [0, 0.05) is 31.9 Å². The molecular formula is C17H27N3O2. The number of carbonyl (C=O) groups excluding carboxylic acids is 1. The number of rotatable bonds is 5. The minimum Gasteiger partial charge on any atom is -0.475 e. The number of amides is 2. The minimum absolute atomic E-state index is 0.00518. The number of pyridine rings is 1. The molecule has 22 heavy (non-hydrogen) atoms. The zero-order chi connectivity index (χ0) is 15.9. The zero-order valence-electron chi connectivity index (χ0n) is 13.8. The van der Waals surface area contributed by atoms with E-state index < -0.39 is 0 Å². The van der Waals surface area contributed by atoms with Gasteiger partial charge in [0.05, 0.1) is 6.10 Å². The Bertz CT molecular complexity index is 467. The highest BCUT2D eigenvalue weighted by atomic mass is 16.5. The lowest BCUT2D eigenvalue weighted by atomic mass is 9.95. The van der Waals surface area contributed by atoms with Crippen molar-refractivity contribution in [2.75, 3.05) is 7.05 Å². The molecular weight excluding hydrogens is 278 g/mol. The van der Waals surface area contributed by atoms with E-state index in [0.717, 1.165) is 18.4 Å². The third-order valence-corrected chi connectivity index (χ3v) is 4.04. The number of hydrogen-bond donors (Lipinski definition) is 1. The largest absolute Gasteiger partial charge is 0.475 e. The summed E-state index contributed by atoms with van der Waals surface area (Å²) < 4.78 is 5.51. The summed E-state index contributed by atoms with van der Waals surface area (Å²) in [6.07, 6.45) is 7.84. The minimum atomic E-state index is -0.00518. The number of nitrogens with one attached hydrogen (secondary N) is 1. The molecule has 0 bridgehead atoms. The first kappa shape index (κ1) is 16.6. The van der Waals surface area contributed by atoms with Gasteiger partial charge < -0.3 is 15.0 Å². The number of urea groups is 1. The van der Waals surface area contributed by atoms with Gasteiger partial charge in [0.2, 0.25) is 5.88 Å². The van der Waals surface area contributed by atoms with Crippen LogP contribution in [-0.4, -0.2) is 35.1 Å². The molecule has 1 aliphatic carbocycles. The third-order valence-electron chi connectivity index (χ3n) is 4.04. The monoisotopic (exact) mass is 305 g/mol. The van der Waals surface area contributed by atoms with Crippen LogP contribution in [0, 0.1) is 0 Å². The summed E-state index contributed by atoms with van der Waals surface area (Å²) >= 11 is 0. The van der Waals surface area contributed by atoms with E-state index >= 15 is 0 Å². The Balaban J connectivity index is 1.80. The fourth-order valence-electron chi connectivity index (χ4n) is 2.76. The third kappa shape index (κ3) is 4.90. The molecule has 1 heterocycles. The topological polar surface area (TPSA) is 54.5 Å². The summed E-state index contributed by atoms with van der Waals surface area (Å²) in [5, 5.41) is 2.96. The molecule has 1 aromatic heterocycles. The standard InChI is InChI=1S/C17H27N3O2/c1-13(2)22-16-10-9-14(11-18-16)12-19-17(21)20(3)15-7-5-4-6-8-15/h9-11,13,15H,4-8,12H2,1-3H3,(H,19,21). The molecule has 0 saturated heterocycles. The number of ether oxygens (including phenoxy) is 1. The van der Waals surface area contributed by atoms with Crippen molar-refractivity contribution in [2.24, 2.45) is 0 Å². The number of carbonyl (C=O) groups is 1. The number of nitrogens with zero attached hydrogens (tertiary/aromatic N) is 2. The molecule has 122 valence electrons. The first-order chi connectivity index (χ1) is 10.6. The zero-order valence-corrected chi connectivity index (χ0v) is 13.8. The van der Waals surface area contributed by atoms with Crippen molar-refractivity contribution in [3.63, 3.8) is 0 Å². The van der Waals surface area contributed by atoms with Crippen molar-refractivity contribution in [1.82, 2.24) is 15.2 Å². The molecule has 1 aliphatic rings. The van der Waals surface area contributed by atoms with E-state index in [1.165, 1.54) is 19.3 Å². The highest BCUT2D eigenvalue weighted by Gasteiger charge is 2.21. The van der Waals surface area contributed by atoms with Crippen molar-refractivity contribution in [1.29, 1.82) is 0 Å². The van der Waals surface area contributed by atoms with Crippen molar-refractivity contribution < 1.29 is 9.53 Å². The summed E-state index contributed by atoms with van der Waals surface area (Å²) in [4.78, 5) is 18.3. The van der Waals surface area contributed by atoms with Gasteiger partial charge in [-0.2, -0.15) is 0 Å². The summed E-state index contributed by atoms with van der Waals surface area (Å²) in [5.41, 5.74) is 0.974. The van der Waals surface area contributed by atoms with Crippen LogP contribution in [0.25, 0.3) is 0 Å². The van der Waals surface area contributed by atoms with Gasteiger partial charge in [-0.05, 0) is 32.3 Å². The Morgan fingerprint density at radius 3 is 2.68 bits per heavy atom. The van der Waals surface area contributed by atoms with E-state index in [4.69, 9.17) is 4.74 Å². The molecule has 0 unspecified atom stereocenters. The average Bonchev–Trinajstić information content (AvgIpc) is 2.53. The Kier molecular flexibility index (Phi) is 6.04. The predicted molar refractivity (Wildman–Crippen MR) is 86.9 cm³/mol. The Labute approximate surface area is 133 Å². The Morgan fingerprint density at radius 1 is 1.36 bits per heavy atom. The van der Waals surface area contributed by atoms with E-state index in [9.17, 15) is 4.79 Å².